The molecule has 0 amide bonds. The Morgan fingerprint density at radius 1 is 1.41 bits per heavy atom. The van der Waals surface area contributed by atoms with Crippen molar-refractivity contribution in [3.05, 3.63) is 23.2 Å². The van der Waals surface area contributed by atoms with E-state index in [2.05, 4.69) is 0 Å². The van der Waals surface area contributed by atoms with E-state index in [0.29, 0.717) is 5.69 Å². The normalized spacial score (nSPS) is 12.0. The quantitative estimate of drug-likeness (QED) is 0.837. The van der Waals surface area contributed by atoms with Gasteiger partial charge in [0.2, 0.25) is 0 Å². The smallest absolute Gasteiger partial charge is 0.182 e. The van der Waals surface area contributed by atoms with Crippen LogP contribution in [-0.2, 0) is 14.6 Å². The van der Waals surface area contributed by atoms with Crippen molar-refractivity contribution in [1.82, 2.24) is 0 Å². The van der Waals surface area contributed by atoms with E-state index in [4.69, 9.17) is 22.1 Å². The lowest BCUT2D eigenvalue weighted by Crippen LogP contribution is -2.15. The number of hydrogen-bond acceptors (Lipinski definition) is 4. The first kappa shape index (κ1) is 14.3. The average Bonchev–Trinajstić information content (AvgIpc) is 2.20. The van der Waals surface area contributed by atoms with Crippen LogP contribution >= 0.6 is 11.6 Å². The Labute approximate surface area is 107 Å². The fraction of sp³-hybridized carbons (Fsp3) is 0.455. The molecule has 1 aromatic carbocycles. The summed E-state index contributed by atoms with van der Waals surface area (Å²) in [6.07, 6.45) is 0.00140. The highest BCUT2D eigenvalue weighted by Crippen LogP contribution is 2.24. The van der Waals surface area contributed by atoms with E-state index >= 15 is 0 Å². The third-order valence-corrected chi connectivity index (χ3v) is 4.25. The highest BCUT2D eigenvalue weighted by atomic mass is 35.5. The SMILES string of the molecule is CC(C)OCCS(=O)(=O)c1cc(N)ccc1Cl. The lowest BCUT2D eigenvalue weighted by Gasteiger charge is -2.09. The molecule has 0 saturated heterocycles. The number of nitrogen functional groups attached to an aromatic ring is 1. The van der Waals surface area contributed by atoms with Gasteiger partial charge in [-0.05, 0) is 32.0 Å². The van der Waals surface area contributed by atoms with E-state index in [-0.39, 0.29) is 28.4 Å². The standard InChI is InChI=1S/C11H16ClNO3S/c1-8(2)16-5-6-17(14,15)11-7-9(13)3-4-10(11)12/h3-4,7-8H,5-6,13H2,1-2H3. The van der Waals surface area contributed by atoms with Gasteiger partial charge in [-0.2, -0.15) is 0 Å². The molecule has 0 aliphatic heterocycles. The van der Waals surface area contributed by atoms with Crippen molar-refractivity contribution >= 4 is 27.1 Å². The lowest BCUT2D eigenvalue weighted by molar-refractivity contribution is 0.0912. The van der Waals surface area contributed by atoms with Gasteiger partial charge in [-0.1, -0.05) is 11.6 Å². The fourth-order valence-corrected chi connectivity index (χ4v) is 2.95. The molecule has 96 valence electrons. The number of benzene rings is 1. The van der Waals surface area contributed by atoms with Crippen LogP contribution < -0.4 is 5.73 Å². The van der Waals surface area contributed by atoms with Crippen LogP contribution in [0.25, 0.3) is 0 Å². The molecule has 0 saturated carbocycles. The second kappa shape index (κ2) is 5.71. The summed E-state index contributed by atoms with van der Waals surface area (Å²) in [6, 6.07) is 4.41. The first-order valence-corrected chi connectivity index (χ1v) is 7.25. The maximum atomic E-state index is 12.0. The summed E-state index contributed by atoms with van der Waals surface area (Å²) in [5, 5.41) is 0.184. The summed E-state index contributed by atoms with van der Waals surface area (Å²) in [5.74, 6) is -0.103. The van der Waals surface area contributed by atoms with Crippen LogP contribution in [0.2, 0.25) is 5.02 Å². The van der Waals surface area contributed by atoms with E-state index in [1.807, 2.05) is 13.8 Å². The van der Waals surface area contributed by atoms with Crippen LogP contribution in [0.3, 0.4) is 0 Å². The Kier molecular flexibility index (Phi) is 4.80. The molecular formula is C11H16ClNO3S. The molecular weight excluding hydrogens is 262 g/mol. The summed E-state index contributed by atoms with van der Waals surface area (Å²) in [5.41, 5.74) is 5.92. The fourth-order valence-electron chi connectivity index (χ4n) is 1.26. The van der Waals surface area contributed by atoms with Crippen LogP contribution in [0.5, 0.6) is 0 Å². The third kappa shape index (κ3) is 4.18. The Bertz CT molecular complexity index is 485. The summed E-state index contributed by atoms with van der Waals surface area (Å²) in [7, 11) is -3.45. The first-order valence-electron chi connectivity index (χ1n) is 5.22. The average molecular weight is 278 g/mol. The Morgan fingerprint density at radius 3 is 2.65 bits per heavy atom. The Morgan fingerprint density at radius 2 is 2.06 bits per heavy atom. The van der Waals surface area contributed by atoms with E-state index < -0.39 is 9.84 Å². The Balaban J connectivity index is 2.86. The number of hydrogen-bond donors (Lipinski definition) is 1. The van der Waals surface area contributed by atoms with E-state index in [1.54, 1.807) is 6.07 Å². The third-order valence-electron chi connectivity index (χ3n) is 2.09. The van der Waals surface area contributed by atoms with Crippen molar-refractivity contribution in [2.75, 3.05) is 18.1 Å². The maximum Gasteiger partial charge on any atom is 0.182 e. The zero-order valence-corrected chi connectivity index (χ0v) is 11.4. The molecule has 1 aromatic rings. The predicted molar refractivity (Wildman–Crippen MR) is 69.0 cm³/mol. The van der Waals surface area contributed by atoms with Crippen molar-refractivity contribution in [1.29, 1.82) is 0 Å². The van der Waals surface area contributed by atoms with Crippen LogP contribution in [0.15, 0.2) is 23.1 Å². The minimum atomic E-state index is -3.45. The van der Waals surface area contributed by atoms with Gasteiger partial charge in [0.1, 0.15) is 0 Å². The molecule has 0 fully saturated rings. The van der Waals surface area contributed by atoms with Crippen molar-refractivity contribution in [2.24, 2.45) is 0 Å². The number of nitrogens with two attached hydrogens (primary N) is 1. The number of sulfone groups is 1. The lowest BCUT2D eigenvalue weighted by atomic mass is 10.3. The van der Waals surface area contributed by atoms with Crippen molar-refractivity contribution in [2.45, 2.75) is 24.8 Å². The maximum absolute atomic E-state index is 12.0. The largest absolute Gasteiger partial charge is 0.399 e. The molecule has 0 aliphatic carbocycles. The van der Waals surface area contributed by atoms with Gasteiger partial charge in [-0.25, -0.2) is 8.42 Å². The molecule has 17 heavy (non-hydrogen) atoms. The predicted octanol–water partition coefficient (Wildman–Crippen LogP) is 2.12. The highest BCUT2D eigenvalue weighted by molar-refractivity contribution is 7.91. The molecule has 4 nitrogen and oxygen atoms in total. The van der Waals surface area contributed by atoms with Gasteiger partial charge < -0.3 is 10.5 Å². The van der Waals surface area contributed by atoms with Crippen molar-refractivity contribution in [3.8, 4) is 0 Å². The number of rotatable bonds is 5. The van der Waals surface area contributed by atoms with Crippen LogP contribution in [0.4, 0.5) is 5.69 Å². The minimum absolute atomic E-state index is 0.00140. The van der Waals surface area contributed by atoms with Crippen LogP contribution in [-0.4, -0.2) is 26.9 Å². The van der Waals surface area contributed by atoms with E-state index in [0.717, 1.165) is 0 Å². The molecule has 0 spiro atoms. The first-order chi connectivity index (χ1) is 7.83. The molecule has 0 aliphatic rings. The molecule has 1 rings (SSSR count). The van der Waals surface area contributed by atoms with Crippen molar-refractivity contribution in [3.63, 3.8) is 0 Å². The van der Waals surface area contributed by atoms with E-state index in [9.17, 15) is 8.42 Å². The minimum Gasteiger partial charge on any atom is -0.399 e. The summed E-state index contributed by atoms with van der Waals surface area (Å²) < 4.78 is 29.1. The number of halogens is 1. The summed E-state index contributed by atoms with van der Waals surface area (Å²) in [6.45, 7) is 3.84. The second-order valence-electron chi connectivity index (χ2n) is 3.93. The Hall–Kier alpha value is -0.780. The molecule has 0 atom stereocenters. The molecule has 6 heteroatoms. The van der Waals surface area contributed by atoms with Gasteiger partial charge in [0.25, 0.3) is 0 Å². The summed E-state index contributed by atoms with van der Waals surface area (Å²) in [4.78, 5) is 0.0616. The van der Waals surface area contributed by atoms with Gasteiger partial charge in [-0.15, -0.1) is 0 Å². The van der Waals surface area contributed by atoms with Crippen LogP contribution in [0, 0.1) is 0 Å². The van der Waals surface area contributed by atoms with Crippen LogP contribution in [0.1, 0.15) is 13.8 Å². The van der Waals surface area contributed by atoms with Gasteiger partial charge in [-0.3, -0.25) is 0 Å². The highest BCUT2D eigenvalue weighted by Gasteiger charge is 2.18. The van der Waals surface area contributed by atoms with Crippen molar-refractivity contribution < 1.29 is 13.2 Å². The number of anilines is 1. The van der Waals surface area contributed by atoms with Gasteiger partial charge in [0.05, 0.1) is 28.4 Å². The zero-order chi connectivity index (χ0) is 13.1. The molecule has 0 aromatic heterocycles. The van der Waals surface area contributed by atoms with Gasteiger partial charge in [0.15, 0.2) is 9.84 Å². The molecule has 0 heterocycles. The second-order valence-corrected chi connectivity index (χ2v) is 6.41. The molecule has 0 unspecified atom stereocenters. The molecule has 0 radical (unpaired) electrons. The molecule has 2 N–H and O–H groups in total. The van der Waals surface area contributed by atoms with Gasteiger partial charge >= 0.3 is 0 Å². The monoisotopic (exact) mass is 277 g/mol. The number of ether oxygens (including phenoxy) is 1. The zero-order valence-electron chi connectivity index (χ0n) is 9.81. The summed E-state index contributed by atoms with van der Waals surface area (Å²) >= 11 is 5.85. The molecule has 0 bridgehead atoms. The van der Waals surface area contributed by atoms with Gasteiger partial charge in [0, 0.05) is 5.69 Å². The van der Waals surface area contributed by atoms with E-state index in [1.165, 1.54) is 12.1 Å². The topological polar surface area (TPSA) is 69.4 Å².